The molecule has 3 nitrogen and oxygen atoms in total. The van der Waals surface area contributed by atoms with Crippen molar-refractivity contribution in [1.29, 1.82) is 0 Å². The number of aryl methyl sites for hydroxylation is 1. The summed E-state index contributed by atoms with van der Waals surface area (Å²) < 4.78 is 0. The number of nitrogens with zero attached hydrogens (tertiary/aromatic N) is 1. The molecule has 1 amide bonds. The predicted octanol–water partition coefficient (Wildman–Crippen LogP) is 2.20. The van der Waals surface area contributed by atoms with Crippen LogP contribution in [0.25, 0.3) is 0 Å². The Kier molecular flexibility index (Phi) is 2.80. The molecular formula is C12H18N2O. The molecular weight excluding hydrogens is 188 g/mol. The normalized spacial score (nSPS) is 18.1. The maximum Gasteiger partial charge on any atom is 0.255 e. The van der Waals surface area contributed by atoms with E-state index in [-0.39, 0.29) is 5.91 Å². The summed E-state index contributed by atoms with van der Waals surface area (Å²) in [6.07, 6.45) is 4.10. The number of carbonyl (C=O) groups excluding carboxylic acids is 1. The highest BCUT2D eigenvalue weighted by Gasteiger charge is 2.22. The van der Waals surface area contributed by atoms with Gasteiger partial charge in [-0.25, -0.2) is 0 Å². The fraction of sp³-hybridized carbons (Fsp3) is 0.583. The van der Waals surface area contributed by atoms with Gasteiger partial charge >= 0.3 is 0 Å². The fourth-order valence-corrected chi connectivity index (χ4v) is 2.07. The standard InChI is InChI=1S/C12H18N2O/c1-9-4-7-14(8-5-9)12(15)11-3-6-13-10(11)2/h3,6,9,13H,4-5,7-8H2,1-2H3. The van der Waals surface area contributed by atoms with Gasteiger partial charge < -0.3 is 9.88 Å². The first-order valence-corrected chi connectivity index (χ1v) is 5.61. The molecule has 2 rings (SSSR count). The number of nitrogens with one attached hydrogen (secondary N) is 1. The number of piperidine rings is 1. The highest BCUT2D eigenvalue weighted by Crippen LogP contribution is 2.18. The van der Waals surface area contributed by atoms with Gasteiger partial charge in [0, 0.05) is 25.0 Å². The van der Waals surface area contributed by atoms with Crippen molar-refractivity contribution in [3.8, 4) is 0 Å². The number of carbonyl (C=O) groups is 1. The summed E-state index contributed by atoms with van der Waals surface area (Å²) in [4.78, 5) is 17.1. The van der Waals surface area contributed by atoms with Crippen molar-refractivity contribution in [1.82, 2.24) is 9.88 Å². The van der Waals surface area contributed by atoms with E-state index in [4.69, 9.17) is 0 Å². The van der Waals surface area contributed by atoms with Crippen molar-refractivity contribution >= 4 is 5.91 Å². The molecule has 1 aliphatic rings. The lowest BCUT2D eigenvalue weighted by atomic mass is 9.99. The van der Waals surface area contributed by atoms with Crippen LogP contribution >= 0.6 is 0 Å². The zero-order valence-electron chi connectivity index (χ0n) is 9.42. The molecule has 0 aliphatic carbocycles. The molecule has 1 aliphatic heterocycles. The number of rotatable bonds is 1. The van der Waals surface area contributed by atoms with E-state index < -0.39 is 0 Å². The predicted molar refractivity (Wildman–Crippen MR) is 59.8 cm³/mol. The highest BCUT2D eigenvalue weighted by atomic mass is 16.2. The van der Waals surface area contributed by atoms with Crippen molar-refractivity contribution in [2.75, 3.05) is 13.1 Å². The van der Waals surface area contributed by atoms with E-state index in [9.17, 15) is 4.79 Å². The van der Waals surface area contributed by atoms with Gasteiger partial charge in [-0.2, -0.15) is 0 Å². The second kappa shape index (κ2) is 4.09. The van der Waals surface area contributed by atoms with Gasteiger partial charge in [0.2, 0.25) is 0 Å². The molecule has 0 atom stereocenters. The van der Waals surface area contributed by atoms with Crippen LogP contribution in [0.4, 0.5) is 0 Å². The summed E-state index contributed by atoms with van der Waals surface area (Å²) in [5.74, 6) is 0.946. The fourth-order valence-electron chi connectivity index (χ4n) is 2.07. The molecule has 15 heavy (non-hydrogen) atoms. The van der Waals surface area contributed by atoms with Gasteiger partial charge in [0.05, 0.1) is 5.56 Å². The van der Waals surface area contributed by atoms with Gasteiger partial charge in [-0.05, 0) is 31.7 Å². The molecule has 1 aromatic rings. The molecule has 3 heteroatoms. The summed E-state index contributed by atoms with van der Waals surface area (Å²) in [5, 5.41) is 0. The van der Waals surface area contributed by atoms with E-state index >= 15 is 0 Å². The van der Waals surface area contributed by atoms with Crippen LogP contribution in [-0.4, -0.2) is 28.9 Å². The van der Waals surface area contributed by atoms with E-state index in [1.54, 1.807) is 0 Å². The number of aromatic amines is 1. The SMILES string of the molecule is Cc1[nH]ccc1C(=O)N1CCC(C)CC1. The van der Waals surface area contributed by atoms with Gasteiger partial charge in [-0.15, -0.1) is 0 Å². The zero-order valence-corrected chi connectivity index (χ0v) is 9.42. The Morgan fingerprint density at radius 2 is 2.13 bits per heavy atom. The first kappa shape index (κ1) is 10.3. The maximum absolute atomic E-state index is 12.1. The van der Waals surface area contributed by atoms with E-state index in [1.807, 2.05) is 24.1 Å². The number of aromatic nitrogens is 1. The second-order valence-corrected chi connectivity index (χ2v) is 4.49. The second-order valence-electron chi connectivity index (χ2n) is 4.49. The molecule has 0 unspecified atom stereocenters. The average molecular weight is 206 g/mol. The number of likely N-dealkylation sites (tertiary alicyclic amines) is 1. The molecule has 0 radical (unpaired) electrons. The summed E-state index contributed by atoms with van der Waals surface area (Å²) in [5.41, 5.74) is 1.79. The molecule has 82 valence electrons. The lowest BCUT2D eigenvalue weighted by Gasteiger charge is -2.30. The van der Waals surface area contributed by atoms with E-state index in [0.717, 1.165) is 43.1 Å². The Hall–Kier alpha value is -1.25. The highest BCUT2D eigenvalue weighted by molar-refractivity contribution is 5.95. The molecule has 1 fully saturated rings. The molecule has 2 heterocycles. The minimum atomic E-state index is 0.181. The summed E-state index contributed by atoms with van der Waals surface area (Å²) >= 11 is 0. The van der Waals surface area contributed by atoms with Crippen LogP contribution in [0.3, 0.4) is 0 Å². The van der Waals surface area contributed by atoms with Crippen LogP contribution in [0, 0.1) is 12.8 Å². The smallest absolute Gasteiger partial charge is 0.255 e. The van der Waals surface area contributed by atoms with E-state index in [1.165, 1.54) is 0 Å². The summed E-state index contributed by atoms with van der Waals surface area (Å²) in [7, 11) is 0. The molecule has 0 spiro atoms. The first-order valence-electron chi connectivity index (χ1n) is 5.61. The largest absolute Gasteiger partial charge is 0.365 e. The van der Waals surface area contributed by atoms with Crippen molar-refractivity contribution in [3.63, 3.8) is 0 Å². The number of hydrogen-bond acceptors (Lipinski definition) is 1. The van der Waals surface area contributed by atoms with Crippen LogP contribution < -0.4 is 0 Å². The van der Waals surface area contributed by atoms with Gasteiger partial charge in [0.25, 0.3) is 5.91 Å². The first-order chi connectivity index (χ1) is 7.18. The topological polar surface area (TPSA) is 36.1 Å². The Labute approximate surface area is 90.5 Å². The van der Waals surface area contributed by atoms with Crippen LogP contribution in [0.5, 0.6) is 0 Å². The maximum atomic E-state index is 12.1. The molecule has 1 N–H and O–H groups in total. The quantitative estimate of drug-likeness (QED) is 0.751. The van der Waals surface area contributed by atoms with E-state index in [2.05, 4.69) is 11.9 Å². The zero-order chi connectivity index (χ0) is 10.8. The number of H-pyrrole nitrogens is 1. The Morgan fingerprint density at radius 1 is 1.47 bits per heavy atom. The summed E-state index contributed by atoms with van der Waals surface area (Å²) in [6, 6.07) is 1.87. The Bertz CT molecular complexity index is 348. The van der Waals surface area contributed by atoms with Gasteiger partial charge in [0.15, 0.2) is 0 Å². The van der Waals surface area contributed by atoms with Crippen LogP contribution in [0.15, 0.2) is 12.3 Å². The van der Waals surface area contributed by atoms with Crippen LogP contribution in [-0.2, 0) is 0 Å². The van der Waals surface area contributed by atoms with Gasteiger partial charge in [0.1, 0.15) is 0 Å². The monoisotopic (exact) mass is 206 g/mol. The lowest BCUT2D eigenvalue weighted by Crippen LogP contribution is -2.38. The third kappa shape index (κ3) is 2.06. The number of hydrogen-bond donors (Lipinski definition) is 1. The van der Waals surface area contributed by atoms with E-state index in [0.29, 0.717) is 0 Å². The van der Waals surface area contributed by atoms with Crippen molar-refractivity contribution in [2.24, 2.45) is 5.92 Å². The van der Waals surface area contributed by atoms with Crippen molar-refractivity contribution in [2.45, 2.75) is 26.7 Å². The lowest BCUT2D eigenvalue weighted by molar-refractivity contribution is 0.0696. The molecule has 0 bridgehead atoms. The summed E-state index contributed by atoms with van der Waals surface area (Å²) in [6.45, 7) is 6.01. The van der Waals surface area contributed by atoms with Crippen LogP contribution in [0.2, 0.25) is 0 Å². The third-order valence-electron chi connectivity index (χ3n) is 3.26. The third-order valence-corrected chi connectivity index (χ3v) is 3.26. The molecule has 0 aromatic carbocycles. The van der Waals surface area contributed by atoms with Gasteiger partial charge in [-0.1, -0.05) is 6.92 Å². The molecule has 1 aromatic heterocycles. The molecule has 1 saturated heterocycles. The van der Waals surface area contributed by atoms with Gasteiger partial charge in [-0.3, -0.25) is 4.79 Å². The molecule has 0 saturated carbocycles. The van der Waals surface area contributed by atoms with Crippen molar-refractivity contribution in [3.05, 3.63) is 23.5 Å². The number of amides is 1. The minimum Gasteiger partial charge on any atom is -0.365 e. The Balaban J connectivity index is 2.06. The average Bonchev–Trinajstić information content (AvgIpc) is 2.65. The van der Waals surface area contributed by atoms with Crippen molar-refractivity contribution < 1.29 is 4.79 Å². The minimum absolute atomic E-state index is 0.181. The Morgan fingerprint density at radius 3 is 2.67 bits per heavy atom. The van der Waals surface area contributed by atoms with Crippen LogP contribution in [0.1, 0.15) is 35.8 Å².